The lowest BCUT2D eigenvalue weighted by atomic mass is 10.1. The minimum Gasteiger partial charge on any atom is -0.497 e. The van der Waals surface area contributed by atoms with Crippen LogP contribution in [0.15, 0.2) is 42.5 Å². The van der Waals surface area contributed by atoms with Gasteiger partial charge in [0.05, 0.1) is 32.9 Å². The number of anilines is 1. The van der Waals surface area contributed by atoms with Gasteiger partial charge >= 0.3 is 12.0 Å². The fourth-order valence-corrected chi connectivity index (χ4v) is 2.60. The van der Waals surface area contributed by atoms with Gasteiger partial charge < -0.3 is 24.4 Å². The zero-order valence-corrected chi connectivity index (χ0v) is 16.1. The molecule has 0 heterocycles. The third-order valence-electron chi connectivity index (χ3n) is 4.33. The van der Waals surface area contributed by atoms with Crippen LogP contribution in [0.25, 0.3) is 0 Å². The van der Waals surface area contributed by atoms with Gasteiger partial charge in [-0.25, -0.2) is 9.59 Å². The van der Waals surface area contributed by atoms with Crippen LogP contribution in [-0.4, -0.2) is 45.3 Å². The first-order valence-corrected chi connectivity index (χ1v) is 8.35. The summed E-state index contributed by atoms with van der Waals surface area (Å²) in [7, 11) is 6.16. The average Bonchev–Trinajstić information content (AvgIpc) is 2.71. The maximum absolute atomic E-state index is 12.6. The Bertz CT molecular complexity index is 822. The first-order valence-electron chi connectivity index (χ1n) is 8.35. The molecule has 0 aromatic heterocycles. The van der Waals surface area contributed by atoms with Gasteiger partial charge in [0.2, 0.25) is 0 Å². The maximum Gasteiger partial charge on any atom is 0.337 e. The predicted octanol–water partition coefficient (Wildman–Crippen LogP) is 3.72. The second kappa shape index (κ2) is 8.93. The number of benzene rings is 2. The molecule has 0 unspecified atom stereocenters. The van der Waals surface area contributed by atoms with Crippen molar-refractivity contribution in [3.63, 3.8) is 0 Å². The maximum atomic E-state index is 12.6. The summed E-state index contributed by atoms with van der Waals surface area (Å²) < 4.78 is 15.3. The standard InChI is InChI=1S/C20H24N2O5/c1-13(17-10-9-16(25-3)12-18(17)26-4)22(2)20(24)21-15-8-6-7-14(11-15)19(23)27-5/h6-13H,1-5H3,(H,21,24)/t13-/m1/s1. The lowest BCUT2D eigenvalue weighted by molar-refractivity contribution is 0.0600. The number of nitrogens with zero attached hydrogens (tertiary/aromatic N) is 1. The van der Waals surface area contributed by atoms with Crippen molar-refractivity contribution in [3.8, 4) is 11.5 Å². The molecule has 0 spiro atoms. The number of methoxy groups -OCH3 is 3. The smallest absolute Gasteiger partial charge is 0.337 e. The summed E-state index contributed by atoms with van der Waals surface area (Å²) >= 11 is 0. The summed E-state index contributed by atoms with van der Waals surface area (Å²) in [6.45, 7) is 1.90. The molecule has 0 saturated carbocycles. The van der Waals surface area contributed by atoms with Gasteiger partial charge in [-0.15, -0.1) is 0 Å². The number of hydrogen-bond acceptors (Lipinski definition) is 5. The molecule has 0 saturated heterocycles. The Hall–Kier alpha value is -3.22. The highest BCUT2D eigenvalue weighted by molar-refractivity contribution is 5.94. The molecule has 7 heteroatoms. The Balaban J connectivity index is 2.16. The van der Waals surface area contributed by atoms with Gasteiger partial charge in [0.25, 0.3) is 0 Å². The monoisotopic (exact) mass is 372 g/mol. The van der Waals surface area contributed by atoms with Crippen LogP contribution in [-0.2, 0) is 4.74 Å². The molecule has 0 radical (unpaired) electrons. The number of rotatable bonds is 6. The van der Waals surface area contributed by atoms with E-state index in [2.05, 4.69) is 5.32 Å². The van der Waals surface area contributed by atoms with Crippen molar-refractivity contribution in [3.05, 3.63) is 53.6 Å². The van der Waals surface area contributed by atoms with Crippen molar-refractivity contribution in [2.75, 3.05) is 33.7 Å². The van der Waals surface area contributed by atoms with Crippen LogP contribution in [0.5, 0.6) is 11.5 Å². The Morgan fingerprint density at radius 2 is 1.78 bits per heavy atom. The van der Waals surface area contributed by atoms with Crippen LogP contribution in [0.3, 0.4) is 0 Å². The highest BCUT2D eigenvalue weighted by Crippen LogP contribution is 2.32. The second-order valence-corrected chi connectivity index (χ2v) is 5.90. The minimum absolute atomic E-state index is 0.255. The SMILES string of the molecule is COC(=O)c1cccc(NC(=O)N(C)[C@H](C)c2ccc(OC)cc2OC)c1. The number of hydrogen-bond donors (Lipinski definition) is 1. The summed E-state index contributed by atoms with van der Waals surface area (Å²) in [5, 5.41) is 2.79. The van der Waals surface area contributed by atoms with Gasteiger partial charge in [-0.3, -0.25) is 0 Å². The van der Waals surface area contributed by atoms with E-state index in [1.807, 2.05) is 19.1 Å². The third-order valence-corrected chi connectivity index (χ3v) is 4.33. The molecule has 2 amide bonds. The molecule has 0 fully saturated rings. The lowest BCUT2D eigenvalue weighted by Gasteiger charge is -2.27. The average molecular weight is 372 g/mol. The van der Waals surface area contributed by atoms with Crippen LogP contribution in [0.2, 0.25) is 0 Å². The van der Waals surface area contributed by atoms with Crippen molar-refractivity contribution in [1.82, 2.24) is 4.90 Å². The molecule has 144 valence electrons. The van der Waals surface area contributed by atoms with E-state index in [1.54, 1.807) is 56.5 Å². The predicted molar refractivity (Wildman–Crippen MR) is 103 cm³/mol. The molecule has 1 atom stereocenters. The molecule has 0 aliphatic rings. The van der Waals surface area contributed by atoms with Gasteiger partial charge in [0, 0.05) is 24.4 Å². The van der Waals surface area contributed by atoms with Crippen molar-refractivity contribution < 1.29 is 23.8 Å². The second-order valence-electron chi connectivity index (χ2n) is 5.90. The molecule has 0 aliphatic heterocycles. The molecule has 0 aliphatic carbocycles. The number of urea groups is 1. The normalized spacial score (nSPS) is 11.3. The quantitative estimate of drug-likeness (QED) is 0.782. The molecule has 1 N–H and O–H groups in total. The highest BCUT2D eigenvalue weighted by Gasteiger charge is 2.21. The van der Waals surface area contributed by atoms with E-state index in [9.17, 15) is 9.59 Å². The number of esters is 1. The molecule has 0 bridgehead atoms. The first kappa shape index (κ1) is 20.1. The summed E-state index contributed by atoms with van der Waals surface area (Å²) in [6.07, 6.45) is 0. The number of carbonyl (C=O) groups excluding carboxylic acids is 2. The summed E-state index contributed by atoms with van der Waals surface area (Å²) in [6, 6.07) is 11.5. The van der Waals surface area contributed by atoms with E-state index in [0.29, 0.717) is 22.7 Å². The number of carbonyl (C=O) groups is 2. The molecule has 2 aromatic rings. The van der Waals surface area contributed by atoms with E-state index in [-0.39, 0.29) is 12.1 Å². The van der Waals surface area contributed by atoms with Crippen LogP contribution < -0.4 is 14.8 Å². The fourth-order valence-electron chi connectivity index (χ4n) is 2.60. The summed E-state index contributed by atoms with van der Waals surface area (Å²) in [4.78, 5) is 25.8. The Kier molecular flexibility index (Phi) is 6.65. The van der Waals surface area contributed by atoms with Crippen molar-refractivity contribution in [2.24, 2.45) is 0 Å². The van der Waals surface area contributed by atoms with Crippen LogP contribution in [0.1, 0.15) is 28.9 Å². The van der Waals surface area contributed by atoms with Gasteiger partial charge in [-0.05, 0) is 37.3 Å². The van der Waals surface area contributed by atoms with Crippen LogP contribution in [0, 0.1) is 0 Å². The molecular weight excluding hydrogens is 348 g/mol. The Morgan fingerprint density at radius 3 is 2.41 bits per heavy atom. The van der Waals surface area contributed by atoms with Crippen molar-refractivity contribution >= 4 is 17.7 Å². The molecule has 7 nitrogen and oxygen atoms in total. The summed E-state index contributed by atoms with van der Waals surface area (Å²) in [5.74, 6) is 0.847. The Morgan fingerprint density at radius 1 is 1.04 bits per heavy atom. The fraction of sp³-hybridized carbons (Fsp3) is 0.300. The zero-order chi connectivity index (χ0) is 20.0. The van der Waals surface area contributed by atoms with Crippen molar-refractivity contribution in [2.45, 2.75) is 13.0 Å². The zero-order valence-electron chi connectivity index (χ0n) is 16.1. The third kappa shape index (κ3) is 4.69. The lowest BCUT2D eigenvalue weighted by Crippen LogP contribution is -2.33. The van der Waals surface area contributed by atoms with Gasteiger partial charge in [0.1, 0.15) is 11.5 Å². The van der Waals surface area contributed by atoms with Crippen LogP contribution in [0.4, 0.5) is 10.5 Å². The van der Waals surface area contributed by atoms with E-state index >= 15 is 0 Å². The molecule has 2 rings (SSSR count). The number of ether oxygens (including phenoxy) is 3. The van der Waals surface area contributed by atoms with E-state index in [4.69, 9.17) is 14.2 Å². The minimum atomic E-state index is -0.462. The highest BCUT2D eigenvalue weighted by atomic mass is 16.5. The topological polar surface area (TPSA) is 77.1 Å². The molecule has 2 aromatic carbocycles. The van der Waals surface area contributed by atoms with E-state index in [0.717, 1.165) is 5.56 Å². The van der Waals surface area contributed by atoms with Crippen LogP contribution >= 0.6 is 0 Å². The largest absolute Gasteiger partial charge is 0.497 e. The van der Waals surface area contributed by atoms with E-state index in [1.165, 1.54) is 7.11 Å². The van der Waals surface area contributed by atoms with Crippen molar-refractivity contribution in [1.29, 1.82) is 0 Å². The summed E-state index contributed by atoms with van der Waals surface area (Å²) in [5.41, 5.74) is 1.71. The molecule has 27 heavy (non-hydrogen) atoms. The van der Waals surface area contributed by atoms with E-state index < -0.39 is 5.97 Å². The number of amides is 2. The van der Waals surface area contributed by atoms with Gasteiger partial charge in [-0.1, -0.05) is 6.07 Å². The Labute approximate surface area is 158 Å². The first-order chi connectivity index (χ1) is 12.9. The number of nitrogens with one attached hydrogen (secondary N) is 1. The van der Waals surface area contributed by atoms with Gasteiger partial charge in [0.15, 0.2) is 0 Å². The van der Waals surface area contributed by atoms with Gasteiger partial charge in [-0.2, -0.15) is 0 Å². The molecular formula is C20H24N2O5.